The molecule has 0 fully saturated rings. The number of fused-ring (bicyclic) bond motifs is 16. The summed E-state index contributed by atoms with van der Waals surface area (Å²) in [6.07, 6.45) is 5.54. The van der Waals surface area contributed by atoms with Crippen LogP contribution < -0.4 is 0 Å². The lowest BCUT2D eigenvalue weighted by Gasteiger charge is -2.11. The Hall–Kier alpha value is -12.3. The lowest BCUT2D eigenvalue weighted by molar-refractivity contribution is 0.653. The first-order valence-corrected chi connectivity index (χ1v) is 31.4. The largest absolute Gasteiger partial charge is 0.438 e. The lowest BCUT2D eigenvalue weighted by atomic mass is 10.0. The fourth-order valence-electron chi connectivity index (χ4n) is 13.6. The topological polar surface area (TPSA) is 113 Å². The Morgan fingerprint density at radius 2 is 0.837 bits per heavy atom. The van der Waals surface area contributed by atoms with Crippen molar-refractivity contribution in [1.29, 1.82) is 0 Å². The van der Waals surface area contributed by atoms with Gasteiger partial charge in [-0.1, -0.05) is 170 Å². The molecule has 428 valence electrons. The Kier molecular flexibility index (Phi) is 11.6. The Morgan fingerprint density at radius 1 is 0.326 bits per heavy atom. The van der Waals surface area contributed by atoms with Crippen molar-refractivity contribution in [2.45, 2.75) is 0 Å². The highest BCUT2D eigenvalue weighted by Crippen LogP contribution is 2.43. The van der Waals surface area contributed by atoms with E-state index in [4.69, 9.17) is 29.3 Å². The van der Waals surface area contributed by atoms with Crippen molar-refractivity contribution in [3.8, 4) is 56.8 Å². The maximum Gasteiger partial charge on any atom is 0.231 e. The Balaban J connectivity index is 0.000000132. The van der Waals surface area contributed by atoms with E-state index in [1.807, 2.05) is 60.9 Å². The third-order valence-corrected chi connectivity index (χ3v) is 19.0. The molecule has 9 aromatic heterocycles. The van der Waals surface area contributed by atoms with Crippen LogP contribution in [-0.2, 0) is 0 Å². The van der Waals surface area contributed by atoms with E-state index in [9.17, 15) is 0 Å². The Bertz CT molecular complexity index is 6010. The Morgan fingerprint density at radius 3 is 1.48 bits per heavy atom. The molecule has 10 nitrogen and oxygen atoms in total. The molecule has 0 saturated carbocycles. The van der Waals surface area contributed by atoms with Crippen LogP contribution in [0.3, 0.4) is 0 Å². The molecule has 0 atom stereocenters. The normalized spacial score (nSPS) is 11.9. The number of hydrogen-bond donors (Lipinski definition) is 0. The number of benzene rings is 11. The molecule has 11 heteroatoms. The summed E-state index contributed by atoms with van der Waals surface area (Å²) in [5.74, 6) is 2.13. The average molecular weight is 1190 g/mol. The monoisotopic (exact) mass is 1190 g/mol. The van der Waals surface area contributed by atoms with Crippen molar-refractivity contribution in [2.75, 3.05) is 0 Å². The van der Waals surface area contributed by atoms with Gasteiger partial charge in [-0.3, -0.25) is 14.5 Å². The smallest absolute Gasteiger partial charge is 0.231 e. The maximum absolute atomic E-state index is 6.29. The molecule has 0 aliphatic carbocycles. The predicted molar refractivity (Wildman–Crippen MR) is 378 cm³/mol. The molecule has 92 heavy (non-hydrogen) atoms. The highest BCUT2D eigenvalue weighted by molar-refractivity contribution is 7.25. The van der Waals surface area contributed by atoms with E-state index in [0.717, 1.165) is 105 Å². The molecule has 9 heterocycles. The second kappa shape index (κ2) is 20.6. The molecule has 0 saturated heterocycles. The van der Waals surface area contributed by atoms with Crippen molar-refractivity contribution in [3.05, 3.63) is 286 Å². The fourth-order valence-corrected chi connectivity index (χ4v) is 14.7. The number of rotatable bonds is 6. The van der Waals surface area contributed by atoms with E-state index in [-0.39, 0.29) is 0 Å². The molecule has 0 unspecified atom stereocenters. The maximum atomic E-state index is 6.29. The third-order valence-electron chi connectivity index (χ3n) is 17.9. The van der Waals surface area contributed by atoms with E-state index in [2.05, 4.69) is 237 Å². The van der Waals surface area contributed by atoms with Gasteiger partial charge in [-0.25, -0.2) is 19.9 Å². The summed E-state index contributed by atoms with van der Waals surface area (Å²) in [5.41, 5.74) is 14.4. The second-order valence-corrected chi connectivity index (χ2v) is 24.3. The van der Waals surface area contributed by atoms with Gasteiger partial charge in [0.2, 0.25) is 5.71 Å². The molecular weight excluding hydrogens is 1150 g/mol. The van der Waals surface area contributed by atoms with Gasteiger partial charge in [-0.2, -0.15) is 4.98 Å². The van der Waals surface area contributed by atoms with Gasteiger partial charge in [-0.15, -0.1) is 11.3 Å². The first-order chi connectivity index (χ1) is 45.6. The van der Waals surface area contributed by atoms with E-state index in [1.54, 1.807) is 17.5 Å². The minimum Gasteiger partial charge on any atom is -0.438 e. The highest BCUT2D eigenvalue weighted by Gasteiger charge is 2.22. The molecule has 20 rings (SSSR count). The summed E-state index contributed by atoms with van der Waals surface area (Å²) in [7, 11) is 0. The summed E-state index contributed by atoms with van der Waals surface area (Å²) in [6.45, 7) is 0. The van der Waals surface area contributed by atoms with Gasteiger partial charge in [0.1, 0.15) is 16.2 Å². The van der Waals surface area contributed by atoms with Crippen LogP contribution in [-0.4, -0.2) is 44.0 Å². The van der Waals surface area contributed by atoms with E-state index >= 15 is 0 Å². The molecule has 11 aromatic carbocycles. The molecular formula is C81H47N9OS. The summed E-state index contributed by atoms with van der Waals surface area (Å²) in [6, 6.07) is 93.4. The van der Waals surface area contributed by atoms with Gasteiger partial charge in [0.25, 0.3) is 0 Å². The summed E-state index contributed by atoms with van der Waals surface area (Å²) in [4.78, 5) is 35.6. The molecule has 0 bridgehead atoms. The van der Waals surface area contributed by atoms with Crippen molar-refractivity contribution in [1.82, 2.24) is 44.0 Å². The van der Waals surface area contributed by atoms with E-state index in [0.29, 0.717) is 17.4 Å². The van der Waals surface area contributed by atoms with Crippen LogP contribution in [0.25, 0.3) is 186 Å². The zero-order valence-corrected chi connectivity index (χ0v) is 49.8. The summed E-state index contributed by atoms with van der Waals surface area (Å²) >= 11 is 1.72. The van der Waals surface area contributed by atoms with E-state index < -0.39 is 0 Å². The number of para-hydroxylation sites is 3. The zero-order chi connectivity index (χ0) is 60.4. The summed E-state index contributed by atoms with van der Waals surface area (Å²) < 4.78 is 12.1. The van der Waals surface area contributed by atoms with Gasteiger partial charge in [0, 0.05) is 99.7 Å². The molecule has 0 aliphatic heterocycles. The lowest BCUT2D eigenvalue weighted by Crippen LogP contribution is -1.99. The standard InChI is InChI=1S/C41H24N4S.C40H23N5O/c1-2-9-28-24-36-33(22-27(28)8-1)31-11-3-5-13-35(31)45(36)30-19-17-26(18-20-30)39-38-32-12-4-6-14-37(32)46-41(38)44-40(43-39)29-16-15-25-10-7-21-42-34(25)23-29;1-2-9-26-22-34-31(20-25(26)8-1)29-11-3-5-13-33(29)45(34)36-18-17-28(23-42-36)38-37-30-12-4-6-14-35(30)46-40(37)44-39(43-38)27-16-15-24-10-7-19-41-32(24)21-27/h1-24H;1-23H. The van der Waals surface area contributed by atoms with Crippen LogP contribution in [0.1, 0.15) is 0 Å². The minimum atomic E-state index is 0.542. The quantitative estimate of drug-likeness (QED) is 0.162. The predicted octanol–water partition coefficient (Wildman–Crippen LogP) is 20.9. The molecule has 20 aromatic rings. The molecule has 0 aliphatic rings. The zero-order valence-electron chi connectivity index (χ0n) is 49.0. The van der Waals surface area contributed by atoms with Crippen LogP contribution in [0, 0.1) is 0 Å². The van der Waals surface area contributed by atoms with E-state index in [1.165, 1.54) is 64.2 Å². The molecule has 0 N–H and O–H groups in total. The number of furan rings is 1. The van der Waals surface area contributed by atoms with Gasteiger partial charge < -0.3 is 8.98 Å². The molecule has 0 spiro atoms. The first kappa shape index (κ1) is 51.7. The minimum absolute atomic E-state index is 0.542. The average Bonchev–Trinajstić information content (AvgIpc) is 1.59. The number of hydrogen-bond acceptors (Lipinski definition) is 9. The SMILES string of the molecule is c1ccc2cc3c(cc2c1)c1ccccc1n3-c1ccc(-c2nc(-c3ccc4cccnc4c3)nc3oc4ccccc4c23)cn1.c1ccc2cc3c(cc2c1)c1ccccc1n3-c1ccc(-c2nc(-c3ccc4cccnc4c3)nc3sc4ccccc4c23)cc1. The van der Waals surface area contributed by atoms with Crippen LogP contribution in [0.2, 0.25) is 0 Å². The van der Waals surface area contributed by atoms with Crippen LogP contribution in [0.5, 0.6) is 0 Å². The number of aromatic nitrogens is 9. The van der Waals surface area contributed by atoms with Gasteiger partial charge >= 0.3 is 0 Å². The van der Waals surface area contributed by atoms with Gasteiger partial charge in [-0.05, 0) is 119 Å². The second-order valence-electron chi connectivity index (χ2n) is 23.3. The Labute approximate surface area is 528 Å². The molecule has 0 amide bonds. The van der Waals surface area contributed by atoms with Crippen molar-refractivity contribution < 1.29 is 4.42 Å². The molecule has 0 radical (unpaired) electrons. The number of pyridine rings is 3. The van der Waals surface area contributed by atoms with Crippen LogP contribution in [0.4, 0.5) is 0 Å². The van der Waals surface area contributed by atoms with Gasteiger partial charge in [0.15, 0.2) is 11.6 Å². The van der Waals surface area contributed by atoms with Crippen LogP contribution >= 0.6 is 11.3 Å². The third kappa shape index (κ3) is 8.37. The van der Waals surface area contributed by atoms with Gasteiger partial charge in [0.05, 0.1) is 49.9 Å². The highest BCUT2D eigenvalue weighted by atomic mass is 32.1. The number of thiophene rings is 1. The first-order valence-electron chi connectivity index (χ1n) is 30.6. The van der Waals surface area contributed by atoms with Crippen molar-refractivity contribution >= 4 is 141 Å². The fraction of sp³-hybridized carbons (Fsp3) is 0. The van der Waals surface area contributed by atoms with Crippen LogP contribution in [0.15, 0.2) is 290 Å². The van der Waals surface area contributed by atoms with Crippen molar-refractivity contribution in [2.24, 2.45) is 0 Å². The van der Waals surface area contributed by atoms with Crippen molar-refractivity contribution in [3.63, 3.8) is 0 Å². The summed E-state index contributed by atoms with van der Waals surface area (Å²) in [5, 5.41) is 16.1. The number of nitrogens with zero attached hydrogens (tertiary/aromatic N) is 9.